The number of carbonyl (C=O) groups is 1. The summed E-state index contributed by atoms with van der Waals surface area (Å²) in [6.07, 6.45) is 0.843. The lowest BCUT2D eigenvalue weighted by Crippen LogP contribution is -2.56. The van der Waals surface area contributed by atoms with Gasteiger partial charge in [-0.2, -0.15) is 0 Å². The topological polar surface area (TPSA) is 42.0 Å². The van der Waals surface area contributed by atoms with Crippen molar-refractivity contribution < 1.29 is 18.7 Å². The number of hydrogen-bond donors (Lipinski definition) is 0. The molecule has 1 atom stereocenters. The minimum Gasteiger partial charge on any atom is -0.497 e. The van der Waals surface area contributed by atoms with Gasteiger partial charge in [-0.15, -0.1) is 0 Å². The number of benzene rings is 2. The van der Waals surface area contributed by atoms with Crippen LogP contribution >= 0.6 is 0 Å². The normalized spacial score (nSPS) is 23.2. The van der Waals surface area contributed by atoms with Gasteiger partial charge in [-0.1, -0.05) is 18.2 Å². The molecular weight excluding hydrogens is 347 g/mol. The van der Waals surface area contributed by atoms with E-state index in [9.17, 15) is 9.18 Å². The van der Waals surface area contributed by atoms with Crippen LogP contribution in [-0.2, 0) is 16.1 Å². The van der Waals surface area contributed by atoms with Crippen LogP contribution in [0.3, 0.4) is 0 Å². The van der Waals surface area contributed by atoms with Gasteiger partial charge in [0.05, 0.1) is 13.7 Å². The molecule has 27 heavy (non-hydrogen) atoms. The van der Waals surface area contributed by atoms with Crippen LogP contribution in [0.25, 0.3) is 0 Å². The average Bonchev–Trinajstić information content (AvgIpc) is 3.06. The van der Waals surface area contributed by atoms with E-state index in [1.165, 1.54) is 17.7 Å². The molecule has 2 saturated heterocycles. The Bertz CT molecular complexity index is 844. The Balaban J connectivity index is 1.46. The first-order valence-electron chi connectivity index (χ1n) is 9.12. The van der Waals surface area contributed by atoms with Crippen LogP contribution in [0.15, 0.2) is 48.5 Å². The summed E-state index contributed by atoms with van der Waals surface area (Å²) < 4.78 is 24.9. The van der Waals surface area contributed by atoms with E-state index < -0.39 is 5.60 Å². The molecule has 2 aromatic rings. The molecule has 0 saturated carbocycles. The second kappa shape index (κ2) is 7.29. The van der Waals surface area contributed by atoms with Gasteiger partial charge in [0.1, 0.15) is 23.8 Å². The lowest BCUT2D eigenvalue weighted by molar-refractivity contribution is -0.137. The predicted octanol–water partition coefficient (Wildman–Crippen LogP) is 2.84. The second-order valence-electron chi connectivity index (χ2n) is 7.24. The third kappa shape index (κ3) is 3.82. The summed E-state index contributed by atoms with van der Waals surface area (Å²) in [5, 5.41) is 0. The largest absolute Gasteiger partial charge is 0.497 e. The van der Waals surface area contributed by atoms with Crippen LogP contribution in [-0.4, -0.2) is 49.8 Å². The van der Waals surface area contributed by atoms with Crippen molar-refractivity contribution in [2.45, 2.75) is 18.6 Å². The van der Waals surface area contributed by atoms with E-state index in [0.717, 1.165) is 31.8 Å². The van der Waals surface area contributed by atoms with Crippen molar-refractivity contribution >= 4 is 11.6 Å². The van der Waals surface area contributed by atoms with Gasteiger partial charge in [-0.05, 0) is 42.3 Å². The zero-order chi connectivity index (χ0) is 18.9. The third-order valence-electron chi connectivity index (χ3n) is 5.30. The molecular formula is C21H23FN2O3. The van der Waals surface area contributed by atoms with Crippen molar-refractivity contribution in [3.05, 3.63) is 59.9 Å². The zero-order valence-corrected chi connectivity index (χ0v) is 15.4. The lowest BCUT2D eigenvalue weighted by Gasteiger charge is -2.40. The highest BCUT2D eigenvalue weighted by atomic mass is 19.1. The van der Waals surface area contributed by atoms with E-state index in [2.05, 4.69) is 11.0 Å². The van der Waals surface area contributed by atoms with E-state index >= 15 is 0 Å². The molecule has 2 aliphatic heterocycles. The molecule has 1 spiro atoms. The smallest absolute Gasteiger partial charge is 0.253 e. The molecule has 6 heteroatoms. The highest BCUT2D eigenvalue weighted by Gasteiger charge is 2.45. The molecule has 0 aliphatic carbocycles. The SMILES string of the molecule is COc1cccc(CN2CCC3(C2)CN(c2cccc(F)c2)C(=O)CO3)c1. The van der Waals surface area contributed by atoms with E-state index in [-0.39, 0.29) is 18.3 Å². The Morgan fingerprint density at radius 1 is 1.19 bits per heavy atom. The quantitative estimate of drug-likeness (QED) is 0.830. The summed E-state index contributed by atoms with van der Waals surface area (Å²) in [5.74, 6) is 0.377. The molecule has 2 aromatic carbocycles. The maximum atomic E-state index is 13.6. The molecule has 5 nitrogen and oxygen atoms in total. The van der Waals surface area contributed by atoms with Gasteiger partial charge in [0.25, 0.3) is 5.91 Å². The minimum absolute atomic E-state index is 0.0313. The van der Waals surface area contributed by atoms with Crippen LogP contribution in [0, 0.1) is 5.82 Å². The van der Waals surface area contributed by atoms with Gasteiger partial charge in [0.2, 0.25) is 0 Å². The minimum atomic E-state index is -0.404. The number of nitrogens with zero attached hydrogens (tertiary/aromatic N) is 2. The summed E-state index contributed by atoms with van der Waals surface area (Å²) >= 11 is 0. The van der Waals surface area contributed by atoms with Gasteiger partial charge in [-0.25, -0.2) is 4.39 Å². The van der Waals surface area contributed by atoms with Crippen molar-refractivity contribution in [1.82, 2.24) is 4.90 Å². The third-order valence-corrected chi connectivity index (χ3v) is 5.30. The van der Waals surface area contributed by atoms with Crippen LogP contribution in [0.2, 0.25) is 0 Å². The number of methoxy groups -OCH3 is 1. The molecule has 2 fully saturated rings. The fraction of sp³-hybridized carbons (Fsp3) is 0.381. The van der Waals surface area contributed by atoms with Gasteiger partial charge in [-0.3, -0.25) is 9.69 Å². The molecule has 0 radical (unpaired) electrons. The number of halogens is 1. The van der Waals surface area contributed by atoms with Gasteiger partial charge in [0, 0.05) is 25.3 Å². The van der Waals surface area contributed by atoms with Crippen molar-refractivity contribution in [2.75, 3.05) is 38.3 Å². The van der Waals surface area contributed by atoms with Crippen molar-refractivity contribution in [3.63, 3.8) is 0 Å². The van der Waals surface area contributed by atoms with Crippen molar-refractivity contribution in [1.29, 1.82) is 0 Å². The summed E-state index contributed by atoms with van der Waals surface area (Å²) in [6, 6.07) is 14.2. The maximum Gasteiger partial charge on any atom is 0.253 e. The number of ether oxygens (including phenoxy) is 2. The Hall–Kier alpha value is -2.44. The predicted molar refractivity (Wildman–Crippen MR) is 100 cm³/mol. The number of amides is 1. The van der Waals surface area contributed by atoms with E-state index in [0.29, 0.717) is 12.2 Å². The molecule has 4 rings (SSSR count). The Kier molecular flexibility index (Phi) is 4.85. The van der Waals surface area contributed by atoms with Crippen LogP contribution < -0.4 is 9.64 Å². The number of likely N-dealkylation sites (tertiary alicyclic amines) is 1. The van der Waals surface area contributed by atoms with Gasteiger partial charge in [0.15, 0.2) is 0 Å². The fourth-order valence-electron chi connectivity index (χ4n) is 3.93. The number of hydrogen-bond acceptors (Lipinski definition) is 4. The van der Waals surface area contributed by atoms with E-state index in [4.69, 9.17) is 9.47 Å². The lowest BCUT2D eigenvalue weighted by atomic mass is 10.00. The summed E-state index contributed by atoms with van der Waals surface area (Å²) in [6.45, 7) is 2.91. The first kappa shape index (κ1) is 17.9. The van der Waals surface area contributed by atoms with Crippen LogP contribution in [0.1, 0.15) is 12.0 Å². The Morgan fingerprint density at radius 2 is 2.04 bits per heavy atom. The van der Waals surface area contributed by atoms with E-state index in [1.807, 2.05) is 18.2 Å². The number of carbonyl (C=O) groups excluding carboxylic acids is 1. The molecule has 142 valence electrons. The van der Waals surface area contributed by atoms with Gasteiger partial charge < -0.3 is 14.4 Å². The molecule has 2 heterocycles. The molecule has 1 unspecified atom stereocenters. The molecule has 0 bridgehead atoms. The number of morpholine rings is 1. The molecule has 0 aromatic heterocycles. The van der Waals surface area contributed by atoms with Crippen LogP contribution in [0.5, 0.6) is 5.75 Å². The maximum absolute atomic E-state index is 13.6. The summed E-state index contributed by atoms with van der Waals surface area (Å²) in [5.41, 5.74) is 1.37. The number of anilines is 1. The highest BCUT2D eigenvalue weighted by Crippen LogP contribution is 2.33. The van der Waals surface area contributed by atoms with Gasteiger partial charge >= 0.3 is 0 Å². The fourth-order valence-corrected chi connectivity index (χ4v) is 3.93. The van der Waals surface area contributed by atoms with Crippen molar-refractivity contribution in [3.8, 4) is 5.75 Å². The van der Waals surface area contributed by atoms with E-state index in [1.54, 1.807) is 24.1 Å². The summed E-state index contributed by atoms with van der Waals surface area (Å²) in [7, 11) is 1.66. The highest BCUT2D eigenvalue weighted by molar-refractivity contribution is 5.95. The Morgan fingerprint density at radius 3 is 2.85 bits per heavy atom. The Labute approximate surface area is 158 Å². The molecule has 1 amide bonds. The number of rotatable bonds is 4. The average molecular weight is 370 g/mol. The summed E-state index contributed by atoms with van der Waals surface area (Å²) in [4.78, 5) is 16.3. The van der Waals surface area contributed by atoms with Crippen LogP contribution in [0.4, 0.5) is 10.1 Å². The molecule has 0 N–H and O–H groups in total. The van der Waals surface area contributed by atoms with Crippen molar-refractivity contribution in [2.24, 2.45) is 0 Å². The standard InChI is InChI=1S/C21H23FN2O3/c1-26-19-7-2-4-16(10-19)12-23-9-8-21(14-23)15-24(20(25)13-27-21)18-6-3-5-17(22)11-18/h2-7,10-11H,8-9,12-15H2,1H3. The first-order chi connectivity index (χ1) is 13.1. The zero-order valence-electron chi connectivity index (χ0n) is 15.4. The first-order valence-corrected chi connectivity index (χ1v) is 9.12. The molecule has 2 aliphatic rings. The second-order valence-corrected chi connectivity index (χ2v) is 7.24. The monoisotopic (exact) mass is 370 g/mol.